The molecule has 0 rings (SSSR count). The van der Waals surface area contributed by atoms with E-state index in [1.165, 1.54) is 11.4 Å². The van der Waals surface area contributed by atoms with Gasteiger partial charge in [0.15, 0.2) is 0 Å². The summed E-state index contributed by atoms with van der Waals surface area (Å²) in [4.78, 5) is 0. The Morgan fingerprint density at radius 1 is 1.33 bits per heavy atom. The molecule has 0 amide bonds. The van der Waals surface area contributed by atoms with E-state index in [4.69, 9.17) is 16.8 Å². The second-order valence-electron chi connectivity index (χ2n) is 2.76. The molecular formula is C6H14KO2PS2. The topological polar surface area (TPSA) is 26.3 Å². The summed E-state index contributed by atoms with van der Waals surface area (Å²) in [6.45, 7) is 7.57. The maximum absolute atomic E-state index is 11.4. The molecule has 0 aliphatic rings. The van der Waals surface area contributed by atoms with Gasteiger partial charge in [0.2, 0.25) is 0 Å². The second-order valence-corrected chi connectivity index (χ2v) is 9.22. The predicted molar refractivity (Wildman–Crippen MR) is 53.9 cm³/mol. The minimum atomic E-state index is -2.80. The molecule has 0 spiro atoms. The summed E-state index contributed by atoms with van der Waals surface area (Å²) in [5.74, 6) is -2.80. The average Bonchev–Trinajstić information content (AvgIpc) is 1.53. The molecule has 2 nitrogen and oxygen atoms in total. The molecular weight excluding hydrogens is 238 g/mol. The number of rotatable bonds is 4. The van der Waals surface area contributed by atoms with Gasteiger partial charge in [-0.2, -0.15) is 0 Å². The second kappa shape index (κ2) is 7.77. The Bertz CT molecular complexity index is 150. The van der Waals surface area contributed by atoms with Gasteiger partial charge in [-0.15, -0.1) is 0 Å². The van der Waals surface area contributed by atoms with Gasteiger partial charge < -0.3 is 21.3 Å². The van der Waals surface area contributed by atoms with Gasteiger partial charge in [0.25, 0.3) is 0 Å². The summed E-state index contributed by atoms with van der Waals surface area (Å²) in [5.41, 5.74) is 0. The van der Waals surface area contributed by atoms with Crippen molar-refractivity contribution in [1.29, 1.82) is 0 Å². The third-order valence-electron chi connectivity index (χ3n) is 0.680. The molecule has 0 N–H and O–H groups in total. The molecule has 6 heteroatoms. The summed E-state index contributed by atoms with van der Waals surface area (Å²) in [6, 6.07) is 0. The molecule has 0 radical (unpaired) electrons. The van der Waals surface area contributed by atoms with Gasteiger partial charge in [-0.1, -0.05) is 25.2 Å². The van der Waals surface area contributed by atoms with Gasteiger partial charge in [0, 0.05) is 5.25 Å². The summed E-state index contributed by atoms with van der Waals surface area (Å²) in [5, 5.41) is 0.261. The van der Waals surface area contributed by atoms with Crippen molar-refractivity contribution in [2.24, 2.45) is 0 Å². The Morgan fingerprint density at radius 2 is 1.75 bits per heavy atom. The third kappa shape index (κ3) is 10.6. The first-order chi connectivity index (χ1) is 4.83. The number of hydrogen-bond donors (Lipinski definition) is 0. The van der Waals surface area contributed by atoms with Crippen LogP contribution >= 0.6 is 17.2 Å². The maximum Gasteiger partial charge on any atom is 1.00 e. The largest absolute Gasteiger partial charge is 1.00 e. The molecule has 0 aromatic rings. The van der Waals surface area contributed by atoms with Crippen molar-refractivity contribution in [2.75, 3.05) is 0 Å². The molecule has 12 heavy (non-hydrogen) atoms. The van der Waals surface area contributed by atoms with Crippen LogP contribution in [0.3, 0.4) is 0 Å². The van der Waals surface area contributed by atoms with Crippen LogP contribution < -0.4 is 51.4 Å². The Hall–Kier alpha value is 2.53. The quantitative estimate of drug-likeness (QED) is 0.406. The molecule has 0 aromatic carbocycles. The van der Waals surface area contributed by atoms with Gasteiger partial charge in [0.1, 0.15) is 5.77 Å². The standard InChI is InChI=1S/C6H15O2PS2.K/c1-5(2)8-9(7,10)11-6(3)4;/h5-6H,1-4H3,(H,7,10);/q;+1/p-1. The van der Waals surface area contributed by atoms with Crippen LogP contribution in [0.1, 0.15) is 27.7 Å². The van der Waals surface area contributed by atoms with Crippen LogP contribution in [0, 0.1) is 0 Å². The molecule has 1 atom stereocenters. The fourth-order valence-corrected chi connectivity index (χ4v) is 5.90. The van der Waals surface area contributed by atoms with Crippen LogP contribution in [-0.2, 0) is 21.3 Å². The zero-order valence-electron chi connectivity index (χ0n) is 8.23. The molecule has 0 saturated carbocycles. The van der Waals surface area contributed by atoms with Crippen molar-refractivity contribution in [3.8, 4) is 0 Å². The number of hydrogen-bond acceptors (Lipinski definition) is 4. The van der Waals surface area contributed by atoms with Crippen LogP contribution in [0.4, 0.5) is 0 Å². The summed E-state index contributed by atoms with van der Waals surface area (Å²) in [7, 11) is 0. The predicted octanol–water partition coefficient (Wildman–Crippen LogP) is 0.212. The minimum Gasteiger partial charge on any atom is -0.678 e. The van der Waals surface area contributed by atoms with Crippen molar-refractivity contribution < 1.29 is 60.5 Å². The van der Waals surface area contributed by atoms with E-state index in [1.807, 2.05) is 27.7 Å². The van der Waals surface area contributed by atoms with E-state index >= 15 is 0 Å². The van der Waals surface area contributed by atoms with Gasteiger partial charge in [0.05, 0.1) is 6.10 Å². The Kier molecular flexibility index (Phi) is 11.0. The van der Waals surface area contributed by atoms with Gasteiger partial charge in [-0.25, -0.2) is 0 Å². The fraction of sp³-hybridized carbons (Fsp3) is 1.00. The summed E-state index contributed by atoms with van der Waals surface area (Å²) in [6.07, 6.45) is -0.0513. The first-order valence-electron chi connectivity index (χ1n) is 3.51. The van der Waals surface area contributed by atoms with Crippen molar-refractivity contribution >= 4 is 29.4 Å². The van der Waals surface area contributed by atoms with Crippen molar-refractivity contribution in [1.82, 2.24) is 0 Å². The van der Waals surface area contributed by atoms with E-state index in [9.17, 15) is 4.57 Å². The zero-order chi connectivity index (χ0) is 9.07. The van der Waals surface area contributed by atoms with Crippen molar-refractivity contribution in [3.05, 3.63) is 0 Å². The summed E-state index contributed by atoms with van der Waals surface area (Å²) >= 11 is 6.03. The van der Waals surface area contributed by atoms with Gasteiger partial charge in [-0.3, -0.25) is 0 Å². The molecule has 68 valence electrons. The molecule has 0 aromatic heterocycles. The van der Waals surface area contributed by atoms with Crippen LogP contribution in [0.15, 0.2) is 0 Å². The Balaban J connectivity index is 0. The Labute approximate surface area is 127 Å². The van der Waals surface area contributed by atoms with Gasteiger partial charge in [-0.05, 0) is 13.8 Å². The van der Waals surface area contributed by atoms with E-state index in [2.05, 4.69) is 0 Å². The molecule has 0 saturated heterocycles. The van der Waals surface area contributed by atoms with E-state index in [0.29, 0.717) is 0 Å². The van der Waals surface area contributed by atoms with Crippen LogP contribution in [-0.4, -0.2) is 11.4 Å². The Morgan fingerprint density at radius 3 is 2.00 bits per heavy atom. The van der Waals surface area contributed by atoms with E-state index in [0.717, 1.165) is 0 Å². The molecule has 0 aliphatic heterocycles. The molecule has 0 bridgehead atoms. The van der Waals surface area contributed by atoms with Crippen LogP contribution in [0.2, 0.25) is 0 Å². The average molecular weight is 252 g/mol. The monoisotopic (exact) mass is 252 g/mol. The maximum atomic E-state index is 11.4. The van der Waals surface area contributed by atoms with Gasteiger partial charge >= 0.3 is 51.4 Å². The smallest absolute Gasteiger partial charge is 0.678 e. The molecule has 0 heterocycles. The summed E-state index contributed by atoms with van der Waals surface area (Å²) < 4.78 is 16.5. The molecule has 1 unspecified atom stereocenters. The van der Waals surface area contributed by atoms with Crippen LogP contribution in [0.25, 0.3) is 0 Å². The molecule has 0 fully saturated rings. The first kappa shape index (κ1) is 16.9. The first-order valence-corrected chi connectivity index (χ1v) is 7.63. The van der Waals surface area contributed by atoms with E-state index in [1.54, 1.807) is 0 Å². The van der Waals surface area contributed by atoms with E-state index in [-0.39, 0.29) is 62.7 Å². The van der Waals surface area contributed by atoms with Crippen LogP contribution in [0.5, 0.6) is 0 Å². The zero-order valence-corrected chi connectivity index (χ0v) is 13.9. The normalized spacial score (nSPS) is 15.9. The molecule has 0 aliphatic carbocycles. The SMILES string of the molecule is CC(C)OP(=O)([S-])SC(C)C.[K+]. The van der Waals surface area contributed by atoms with E-state index < -0.39 is 5.77 Å². The van der Waals surface area contributed by atoms with Crippen molar-refractivity contribution in [2.45, 2.75) is 39.0 Å². The minimum absolute atomic E-state index is 0. The fourth-order valence-electron chi connectivity index (χ4n) is 0.541. The third-order valence-corrected chi connectivity index (χ3v) is 5.37. The van der Waals surface area contributed by atoms with Crippen molar-refractivity contribution in [3.63, 3.8) is 0 Å².